The number of nitrogens with two attached hydrogens (primary N) is 1. The van der Waals surface area contributed by atoms with Crippen LogP contribution in [0.25, 0.3) is 0 Å². The second-order valence-corrected chi connectivity index (χ2v) is 6.15. The largest absolute Gasteiger partial charge is 0.358 e. The number of halogens is 2. The van der Waals surface area contributed by atoms with Crippen LogP contribution in [0.15, 0.2) is 30.0 Å². The minimum absolute atomic E-state index is 0.0123. The lowest BCUT2D eigenvalue weighted by molar-refractivity contribution is -0.128. The minimum Gasteiger partial charge on any atom is -0.358 e. The van der Waals surface area contributed by atoms with Crippen LogP contribution in [-0.4, -0.2) is 55.0 Å². The van der Waals surface area contributed by atoms with Crippen LogP contribution in [0.2, 0.25) is 10.0 Å². The first-order valence-electron chi connectivity index (χ1n) is 7.59. The quantitative estimate of drug-likeness (QED) is 0.613. The molecule has 24 heavy (non-hydrogen) atoms. The fourth-order valence-corrected chi connectivity index (χ4v) is 2.96. The summed E-state index contributed by atoms with van der Waals surface area (Å²) in [7, 11) is 0. The van der Waals surface area contributed by atoms with Gasteiger partial charge in [0.1, 0.15) is 11.6 Å². The van der Waals surface area contributed by atoms with Gasteiger partial charge in [0.25, 0.3) is 5.91 Å². The van der Waals surface area contributed by atoms with E-state index in [1.54, 1.807) is 23.1 Å². The molecule has 1 heterocycles. The Bertz CT molecular complexity index is 643. The van der Waals surface area contributed by atoms with Crippen molar-refractivity contribution in [1.82, 2.24) is 9.80 Å². The van der Waals surface area contributed by atoms with E-state index in [2.05, 4.69) is 10.2 Å². The number of amides is 1. The standard InChI is InChI=1S/C16H19Cl2N5O/c17-13-2-1-3-14(18)15(13)21-11-12(10-20)16(24)23-8-6-22(5-4-19)7-9-23/h1-3,11,21H,4-9,19H2/b12-11-. The summed E-state index contributed by atoms with van der Waals surface area (Å²) in [6, 6.07) is 7.00. The highest BCUT2D eigenvalue weighted by Gasteiger charge is 2.23. The van der Waals surface area contributed by atoms with E-state index < -0.39 is 0 Å². The Morgan fingerprint density at radius 2 is 1.92 bits per heavy atom. The minimum atomic E-state index is -0.305. The molecule has 6 nitrogen and oxygen atoms in total. The van der Waals surface area contributed by atoms with Crippen molar-refractivity contribution in [2.45, 2.75) is 0 Å². The number of nitrogens with zero attached hydrogens (tertiary/aromatic N) is 3. The van der Waals surface area contributed by atoms with Gasteiger partial charge in [-0.3, -0.25) is 9.69 Å². The van der Waals surface area contributed by atoms with E-state index in [0.29, 0.717) is 35.4 Å². The molecule has 1 fully saturated rings. The van der Waals surface area contributed by atoms with Crippen LogP contribution in [-0.2, 0) is 4.79 Å². The number of hydrogen-bond donors (Lipinski definition) is 2. The van der Waals surface area contributed by atoms with E-state index in [1.807, 2.05) is 6.07 Å². The molecule has 128 valence electrons. The van der Waals surface area contributed by atoms with Gasteiger partial charge in [0, 0.05) is 45.5 Å². The van der Waals surface area contributed by atoms with Crippen LogP contribution in [0.3, 0.4) is 0 Å². The molecule has 2 rings (SSSR count). The van der Waals surface area contributed by atoms with Gasteiger partial charge >= 0.3 is 0 Å². The van der Waals surface area contributed by atoms with Crippen LogP contribution in [0, 0.1) is 11.3 Å². The van der Waals surface area contributed by atoms with E-state index in [1.165, 1.54) is 6.20 Å². The number of anilines is 1. The highest BCUT2D eigenvalue weighted by molar-refractivity contribution is 6.39. The smallest absolute Gasteiger partial charge is 0.266 e. The SMILES string of the molecule is N#C/C(=C/Nc1c(Cl)cccc1Cl)C(=O)N1CCN(CCN)CC1. The molecular formula is C16H19Cl2N5O. The number of carbonyl (C=O) groups excluding carboxylic acids is 1. The molecule has 1 aliphatic rings. The predicted molar refractivity (Wildman–Crippen MR) is 95.9 cm³/mol. The van der Waals surface area contributed by atoms with Gasteiger partial charge in [-0.1, -0.05) is 29.3 Å². The van der Waals surface area contributed by atoms with Gasteiger partial charge in [0.05, 0.1) is 15.7 Å². The second-order valence-electron chi connectivity index (χ2n) is 5.33. The number of benzene rings is 1. The zero-order valence-electron chi connectivity index (χ0n) is 13.1. The normalized spacial score (nSPS) is 15.9. The van der Waals surface area contributed by atoms with Crippen molar-refractivity contribution in [1.29, 1.82) is 5.26 Å². The van der Waals surface area contributed by atoms with E-state index >= 15 is 0 Å². The Morgan fingerprint density at radius 3 is 2.46 bits per heavy atom. The van der Waals surface area contributed by atoms with Gasteiger partial charge in [-0.05, 0) is 12.1 Å². The second kappa shape index (κ2) is 8.90. The van der Waals surface area contributed by atoms with Crippen LogP contribution < -0.4 is 11.1 Å². The molecule has 0 unspecified atom stereocenters. The van der Waals surface area contributed by atoms with Gasteiger partial charge in [0.15, 0.2) is 0 Å². The molecule has 0 aromatic heterocycles. The maximum Gasteiger partial charge on any atom is 0.266 e. The zero-order chi connectivity index (χ0) is 17.5. The number of carbonyl (C=O) groups is 1. The van der Waals surface area contributed by atoms with Gasteiger partial charge < -0.3 is 16.0 Å². The molecule has 1 aliphatic heterocycles. The maximum atomic E-state index is 12.5. The van der Waals surface area contributed by atoms with Crippen molar-refractivity contribution in [3.05, 3.63) is 40.0 Å². The summed E-state index contributed by atoms with van der Waals surface area (Å²) < 4.78 is 0. The summed E-state index contributed by atoms with van der Waals surface area (Å²) in [6.07, 6.45) is 1.35. The number of nitriles is 1. The van der Waals surface area contributed by atoms with Crippen LogP contribution in [0.5, 0.6) is 0 Å². The summed E-state index contributed by atoms with van der Waals surface area (Å²) in [5, 5.41) is 13.0. The number of hydrogen-bond acceptors (Lipinski definition) is 5. The van der Waals surface area contributed by atoms with Crippen molar-refractivity contribution < 1.29 is 4.79 Å². The molecule has 8 heteroatoms. The lowest BCUT2D eigenvalue weighted by atomic mass is 10.2. The fraction of sp³-hybridized carbons (Fsp3) is 0.375. The summed E-state index contributed by atoms with van der Waals surface area (Å²) >= 11 is 12.1. The summed E-state index contributed by atoms with van der Waals surface area (Å²) in [4.78, 5) is 16.3. The van der Waals surface area contributed by atoms with Crippen molar-refractivity contribution >= 4 is 34.8 Å². The first-order valence-corrected chi connectivity index (χ1v) is 8.35. The Balaban J connectivity index is 2.03. The molecule has 1 amide bonds. The third-order valence-corrected chi connectivity index (χ3v) is 4.41. The molecular weight excluding hydrogens is 349 g/mol. The summed E-state index contributed by atoms with van der Waals surface area (Å²) in [6.45, 7) is 4.07. The number of piperazine rings is 1. The zero-order valence-corrected chi connectivity index (χ0v) is 14.6. The number of nitrogens with one attached hydrogen (secondary N) is 1. The molecule has 3 N–H and O–H groups in total. The molecule has 1 saturated heterocycles. The van der Waals surface area contributed by atoms with Crippen LogP contribution in [0.4, 0.5) is 5.69 Å². The lowest BCUT2D eigenvalue weighted by Gasteiger charge is -2.34. The highest BCUT2D eigenvalue weighted by atomic mass is 35.5. The predicted octanol–water partition coefficient (Wildman–Crippen LogP) is 1.92. The molecule has 1 aromatic rings. The third-order valence-electron chi connectivity index (χ3n) is 3.78. The first-order chi connectivity index (χ1) is 11.6. The first kappa shape index (κ1) is 18.6. The molecule has 0 spiro atoms. The van der Waals surface area contributed by atoms with Crippen molar-refractivity contribution in [2.24, 2.45) is 5.73 Å². The average Bonchev–Trinajstić information content (AvgIpc) is 2.58. The molecule has 1 aromatic carbocycles. The molecule has 0 aliphatic carbocycles. The van der Waals surface area contributed by atoms with Gasteiger partial charge in [-0.15, -0.1) is 0 Å². The topological polar surface area (TPSA) is 85.4 Å². The van der Waals surface area contributed by atoms with Gasteiger partial charge in [-0.2, -0.15) is 5.26 Å². The summed E-state index contributed by atoms with van der Waals surface area (Å²) in [5.41, 5.74) is 6.02. The molecule has 0 saturated carbocycles. The Morgan fingerprint density at radius 1 is 1.29 bits per heavy atom. The van der Waals surface area contributed by atoms with Crippen LogP contribution in [0.1, 0.15) is 0 Å². The van der Waals surface area contributed by atoms with Crippen molar-refractivity contribution in [2.75, 3.05) is 44.6 Å². The molecule has 0 atom stereocenters. The van der Waals surface area contributed by atoms with Gasteiger partial charge in [-0.25, -0.2) is 0 Å². The lowest BCUT2D eigenvalue weighted by Crippen LogP contribution is -2.50. The Kier molecular flexibility index (Phi) is 6.88. The average molecular weight is 368 g/mol. The number of rotatable bonds is 5. The molecule has 0 bridgehead atoms. The fourth-order valence-electron chi connectivity index (χ4n) is 2.45. The van der Waals surface area contributed by atoms with Crippen molar-refractivity contribution in [3.8, 4) is 6.07 Å². The molecule has 0 radical (unpaired) electrons. The number of para-hydroxylation sites is 1. The Hall–Kier alpha value is -1.78. The van der Waals surface area contributed by atoms with E-state index in [4.69, 9.17) is 28.9 Å². The maximum absolute atomic E-state index is 12.5. The highest BCUT2D eigenvalue weighted by Crippen LogP contribution is 2.29. The van der Waals surface area contributed by atoms with Crippen molar-refractivity contribution in [3.63, 3.8) is 0 Å². The monoisotopic (exact) mass is 367 g/mol. The van der Waals surface area contributed by atoms with E-state index in [0.717, 1.165) is 19.6 Å². The van der Waals surface area contributed by atoms with Gasteiger partial charge in [0.2, 0.25) is 0 Å². The third kappa shape index (κ3) is 4.62. The van der Waals surface area contributed by atoms with E-state index in [-0.39, 0.29) is 11.5 Å². The van der Waals surface area contributed by atoms with E-state index in [9.17, 15) is 10.1 Å². The summed E-state index contributed by atoms with van der Waals surface area (Å²) in [5.74, 6) is -0.305. The van der Waals surface area contributed by atoms with Crippen LogP contribution >= 0.6 is 23.2 Å². The Labute approximate surface area is 151 Å².